The molecule has 1 N–H and O–H groups in total. The molecule has 0 saturated carbocycles. The summed E-state index contributed by atoms with van der Waals surface area (Å²) in [6, 6.07) is 4.31. The topological polar surface area (TPSA) is 50.2 Å². The first-order valence-electron chi connectivity index (χ1n) is 8.57. The second kappa shape index (κ2) is 7.49. The molecule has 1 fully saturated rings. The number of rotatable bonds is 5. The van der Waals surface area contributed by atoms with Gasteiger partial charge in [0, 0.05) is 37.3 Å². The van der Waals surface area contributed by atoms with Crippen LogP contribution in [-0.2, 0) is 13.6 Å². The Labute approximate surface area is 147 Å². The fourth-order valence-corrected chi connectivity index (χ4v) is 4.26. The van der Waals surface area contributed by atoms with Crippen molar-refractivity contribution in [2.45, 2.75) is 33.2 Å². The van der Waals surface area contributed by atoms with Crippen LogP contribution in [-0.4, -0.2) is 40.2 Å². The Hall–Kier alpha value is -1.66. The number of likely N-dealkylation sites (tertiary alicyclic amines) is 1. The molecule has 0 radical (unpaired) electrons. The lowest BCUT2D eigenvalue weighted by Gasteiger charge is -2.32. The maximum atomic E-state index is 12.5. The van der Waals surface area contributed by atoms with Gasteiger partial charge in [-0.1, -0.05) is 6.07 Å². The quantitative estimate of drug-likeness (QED) is 0.906. The van der Waals surface area contributed by atoms with E-state index in [2.05, 4.69) is 32.8 Å². The predicted octanol–water partition coefficient (Wildman–Crippen LogP) is 2.74. The summed E-state index contributed by atoms with van der Waals surface area (Å²) < 4.78 is 1.77. The van der Waals surface area contributed by atoms with Crippen molar-refractivity contribution in [2.75, 3.05) is 19.6 Å². The Bertz CT molecular complexity index is 692. The van der Waals surface area contributed by atoms with Gasteiger partial charge >= 0.3 is 0 Å². The molecule has 0 aliphatic carbocycles. The molecule has 1 amide bonds. The first-order chi connectivity index (χ1) is 11.5. The van der Waals surface area contributed by atoms with Gasteiger partial charge in [-0.15, -0.1) is 11.3 Å². The minimum absolute atomic E-state index is 0.00785. The second-order valence-corrected chi connectivity index (χ2v) is 7.73. The highest BCUT2D eigenvalue weighted by Gasteiger charge is 2.22. The van der Waals surface area contributed by atoms with Crippen LogP contribution in [0, 0.1) is 19.8 Å². The molecule has 1 saturated heterocycles. The van der Waals surface area contributed by atoms with Crippen LogP contribution in [0.15, 0.2) is 17.5 Å². The number of carbonyl (C=O) groups excluding carboxylic acids is 1. The molecule has 1 aliphatic heterocycles. The number of nitrogens with zero attached hydrogens (tertiary/aromatic N) is 3. The van der Waals surface area contributed by atoms with E-state index in [1.165, 1.54) is 17.7 Å². The van der Waals surface area contributed by atoms with E-state index in [0.29, 0.717) is 5.92 Å². The molecule has 130 valence electrons. The van der Waals surface area contributed by atoms with Crippen molar-refractivity contribution >= 4 is 17.2 Å². The molecule has 0 bridgehead atoms. The summed E-state index contributed by atoms with van der Waals surface area (Å²) >= 11 is 1.82. The number of hydrogen-bond acceptors (Lipinski definition) is 4. The molecule has 1 atom stereocenters. The second-order valence-electron chi connectivity index (χ2n) is 6.70. The normalized spacial score (nSPS) is 18.7. The maximum Gasteiger partial charge on any atom is 0.255 e. The number of aryl methyl sites for hydroxylation is 2. The van der Waals surface area contributed by atoms with Gasteiger partial charge in [-0.3, -0.25) is 14.4 Å². The molecular formula is C18H26N4OS. The van der Waals surface area contributed by atoms with Crippen molar-refractivity contribution in [2.24, 2.45) is 13.0 Å². The summed E-state index contributed by atoms with van der Waals surface area (Å²) in [5.74, 6) is 0.536. The zero-order chi connectivity index (χ0) is 17.1. The number of aromatic nitrogens is 2. The summed E-state index contributed by atoms with van der Waals surface area (Å²) in [7, 11) is 1.88. The molecular weight excluding hydrogens is 320 g/mol. The Morgan fingerprint density at radius 3 is 2.96 bits per heavy atom. The van der Waals surface area contributed by atoms with Crippen LogP contribution >= 0.6 is 11.3 Å². The summed E-state index contributed by atoms with van der Waals surface area (Å²) in [5, 5.41) is 9.59. The molecule has 1 aliphatic rings. The number of thiophene rings is 1. The van der Waals surface area contributed by atoms with Gasteiger partial charge in [0.05, 0.1) is 11.3 Å². The van der Waals surface area contributed by atoms with Gasteiger partial charge in [0.15, 0.2) is 0 Å². The Morgan fingerprint density at radius 2 is 2.29 bits per heavy atom. The molecule has 3 heterocycles. The zero-order valence-electron chi connectivity index (χ0n) is 14.7. The highest BCUT2D eigenvalue weighted by molar-refractivity contribution is 7.09. The van der Waals surface area contributed by atoms with E-state index in [-0.39, 0.29) is 5.91 Å². The SMILES string of the molecule is Cc1nn(C)c(C)c1C(=O)NCC1CCCN(Cc2cccs2)C1. The van der Waals surface area contributed by atoms with Gasteiger partial charge in [0.25, 0.3) is 5.91 Å². The van der Waals surface area contributed by atoms with Gasteiger partial charge in [-0.2, -0.15) is 5.10 Å². The van der Waals surface area contributed by atoms with Gasteiger partial charge in [-0.05, 0) is 50.6 Å². The van der Waals surface area contributed by atoms with Crippen molar-refractivity contribution in [1.82, 2.24) is 20.0 Å². The standard InChI is InChI=1S/C18H26N4OS/c1-13-17(14(2)21(3)20-13)18(23)19-10-15-6-4-8-22(11-15)12-16-7-5-9-24-16/h5,7,9,15H,4,6,8,10-12H2,1-3H3,(H,19,23). The van der Waals surface area contributed by atoms with Crippen LogP contribution in [0.1, 0.15) is 39.5 Å². The lowest BCUT2D eigenvalue weighted by atomic mass is 9.97. The van der Waals surface area contributed by atoms with E-state index in [1.54, 1.807) is 4.68 Å². The van der Waals surface area contributed by atoms with Gasteiger partial charge in [-0.25, -0.2) is 0 Å². The zero-order valence-corrected chi connectivity index (χ0v) is 15.5. The molecule has 6 heteroatoms. The monoisotopic (exact) mass is 346 g/mol. The molecule has 0 aromatic carbocycles. The third-order valence-corrected chi connectivity index (χ3v) is 5.71. The van der Waals surface area contributed by atoms with Crippen LogP contribution in [0.3, 0.4) is 0 Å². The lowest BCUT2D eigenvalue weighted by molar-refractivity contribution is 0.0929. The molecule has 1 unspecified atom stereocenters. The van der Waals surface area contributed by atoms with Crippen LogP contribution in [0.2, 0.25) is 0 Å². The number of hydrogen-bond donors (Lipinski definition) is 1. The third kappa shape index (κ3) is 3.87. The molecule has 0 spiro atoms. The molecule has 24 heavy (non-hydrogen) atoms. The number of nitrogens with one attached hydrogen (secondary N) is 1. The van der Waals surface area contributed by atoms with E-state index >= 15 is 0 Å². The van der Waals surface area contributed by atoms with E-state index < -0.39 is 0 Å². The van der Waals surface area contributed by atoms with Crippen molar-refractivity contribution in [3.05, 3.63) is 39.3 Å². The summed E-state index contributed by atoms with van der Waals surface area (Å²) in [5.41, 5.74) is 2.45. The fourth-order valence-electron chi connectivity index (χ4n) is 3.51. The van der Waals surface area contributed by atoms with Crippen molar-refractivity contribution in [3.63, 3.8) is 0 Å². The Balaban J connectivity index is 1.53. The maximum absolute atomic E-state index is 12.5. The summed E-state index contributed by atoms with van der Waals surface area (Å²) in [6.45, 7) is 7.83. The number of carbonyl (C=O) groups is 1. The molecule has 5 nitrogen and oxygen atoms in total. The third-order valence-electron chi connectivity index (χ3n) is 4.85. The van der Waals surface area contributed by atoms with Crippen molar-refractivity contribution in [1.29, 1.82) is 0 Å². The Morgan fingerprint density at radius 1 is 1.46 bits per heavy atom. The first-order valence-corrected chi connectivity index (χ1v) is 9.45. The van der Waals surface area contributed by atoms with Gasteiger partial charge in [0.2, 0.25) is 0 Å². The van der Waals surface area contributed by atoms with Gasteiger partial charge in [0.1, 0.15) is 0 Å². The minimum atomic E-state index is 0.00785. The minimum Gasteiger partial charge on any atom is -0.352 e. The summed E-state index contributed by atoms with van der Waals surface area (Å²) in [4.78, 5) is 16.4. The largest absolute Gasteiger partial charge is 0.352 e. The van der Waals surface area contributed by atoms with Gasteiger partial charge < -0.3 is 5.32 Å². The first kappa shape index (κ1) is 17.2. The van der Waals surface area contributed by atoms with E-state index in [4.69, 9.17) is 0 Å². The lowest BCUT2D eigenvalue weighted by Crippen LogP contribution is -2.40. The average Bonchev–Trinajstić information content (AvgIpc) is 3.14. The van der Waals surface area contributed by atoms with E-state index in [0.717, 1.165) is 43.1 Å². The molecule has 3 rings (SSSR count). The van der Waals surface area contributed by atoms with Crippen LogP contribution in [0.5, 0.6) is 0 Å². The van der Waals surface area contributed by atoms with Crippen molar-refractivity contribution in [3.8, 4) is 0 Å². The number of amides is 1. The fraction of sp³-hybridized carbons (Fsp3) is 0.556. The Kier molecular flexibility index (Phi) is 5.36. The molecule has 2 aromatic heterocycles. The highest BCUT2D eigenvalue weighted by atomic mass is 32.1. The highest BCUT2D eigenvalue weighted by Crippen LogP contribution is 2.20. The van der Waals surface area contributed by atoms with E-state index in [9.17, 15) is 4.79 Å². The average molecular weight is 346 g/mol. The van der Waals surface area contributed by atoms with Crippen LogP contribution in [0.4, 0.5) is 0 Å². The van der Waals surface area contributed by atoms with Crippen LogP contribution in [0.25, 0.3) is 0 Å². The molecule has 2 aromatic rings. The van der Waals surface area contributed by atoms with Crippen molar-refractivity contribution < 1.29 is 4.79 Å². The van der Waals surface area contributed by atoms with Crippen LogP contribution < -0.4 is 5.32 Å². The van der Waals surface area contributed by atoms with E-state index in [1.807, 2.05) is 32.2 Å². The predicted molar refractivity (Wildman–Crippen MR) is 97.3 cm³/mol. The summed E-state index contributed by atoms with van der Waals surface area (Å²) in [6.07, 6.45) is 2.39. The number of piperidine rings is 1. The smallest absolute Gasteiger partial charge is 0.255 e.